The Kier molecular flexibility index (Phi) is 4.42. The molecule has 0 bridgehead atoms. The Bertz CT molecular complexity index is 470. The summed E-state index contributed by atoms with van der Waals surface area (Å²) in [4.78, 5) is 20.8. The number of carboxylic acids is 1. The van der Waals surface area contributed by atoms with E-state index in [2.05, 4.69) is 14.9 Å². The molecule has 0 saturated carbocycles. The summed E-state index contributed by atoms with van der Waals surface area (Å²) in [6.07, 6.45) is 3.37. The van der Waals surface area contributed by atoms with Crippen LogP contribution in [0.4, 0.5) is 5.82 Å². The smallest absolute Gasteiger partial charge is 0.318 e. The molecule has 1 N–H and O–H groups in total. The predicted octanol–water partition coefficient (Wildman–Crippen LogP) is 1.83. The van der Waals surface area contributed by atoms with Crippen molar-refractivity contribution in [2.45, 2.75) is 19.3 Å². The number of aliphatic carboxylic acids is 1. The molecule has 1 aliphatic rings. The second kappa shape index (κ2) is 6.06. The lowest BCUT2D eigenvalue weighted by Gasteiger charge is -2.18. The molecule has 1 aromatic rings. The highest BCUT2D eigenvalue weighted by Crippen LogP contribution is 2.30. The lowest BCUT2D eigenvalue weighted by Crippen LogP contribution is -2.21. The maximum absolute atomic E-state index is 10.6. The van der Waals surface area contributed by atoms with Gasteiger partial charge in [-0.3, -0.25) is 4.79 Å². The van der Waals surface area contributed by atoms with Crippen LogP contribution in [0.1, 0.15) is 19.3 Å². The molecule has 0 aliphatic carbocycles. The molecule has 1 saturated heterocycles. The van der Waals surface area contributed by atoms with E-state index in [0.29, 0.717) is 23.2 Å². The van der Waals surface area contributed by atoms with E-state index >= 15 is 0 Å². The molecule has 19 heavy (non-hydrogen) atoms. The standard InChI is InChI=1S/C12H16ClN3O3/c1-19-12-14-6-9(13)11(15-12)16-5-4-8(7-16)2-3-10(17)18/h6,8H,2-5,7H2,1H3,(H,17,18). The molecule has 2 heterocycles. The van der Waals surface area contributed by atoms with Crippen molar-refractivity contribution in [2.75, 3.05) is 25.1 Å². The monoisotopic (exact) mass is 285 g/mol. The third-order valence-electron chi connectivity index (χ3n) is 3.24. The zero-order chi connectivity index (χ0) is 13.8. The summed E-state index contributed by atoms with van der Waals surface area (Å²) in [5.41, 5.74) is 0. The van der Waals surface area contributed by atoms with Crippen molar-refractivity contribution in [1.82, 2.24) is 9.97 Å². The van der Waals surface area contributed by atoms with Gasteiger partial charge in [0.05, 0.1) is 13.3 Å². The lowest BCUT2D eigenvalue weighted by molar-refractivity contribution is -0.137. The molecule has 0 aromatic carbocycles. The largest absolute Gasteiger partial charge is 0.481 e. The first-order chi connectivity index (χ1) is 9.10. The number of ether oxygens (including phenoxy) is 1. The summed E-state index contributed by atoms with van der Waals surface area (Å²) >= 11 is 6.09. The third kappa shape index (κ3) is 3.47. The molecular weight excluding hydrogens is 270 g/mol. The van der Waals surface area contributed by atoms with Crippen molar-refractivity contribution < 1.29 is 14.6 Å². The zero-order valence-corrected chi connectivity index (χ0v) is 11.4. The molecule has 1 unspecified atom stereocenters. The average molecular weight is 286 g/mol. The Morgan fingerprint density at radius 2 is 2.47 bits per heavy atom. The number of carbonyl (C=O) groups is 1. The average Bonchev–Trinajstić information content (AvgIpc) is 2.85. The number of carboxylic acid groups (broad SMARTS) is 1. The second-order valence-corrected chi connectivity index (χ2v) is 4.97. The number of rotatable bonds is 5. The number of nitrogens with zero attached hydrogens (tertiary/aromatic N) is 3. The van der Waals surface area contributed by atoms with Crippen LogP contribution in [0.2, 0.25) is 5.02 Å². The zero-order valence-electron chi connectivity index (χ0n) is 10.7. The van der Waals surface area contributed by atoms with Crippen LogP contribution in [-0.2, 0) is 4.79 Å². The van der Waals surface area contributed by atoms with E-state index in [0.717, 1.165) is 19.5 Å². The lowest BCUT2D eigenvalue weighted by atomic mass is 10.0. The fourth-order valence-corrected chi connectivity index (χ4v) is 2.46. The highest BCUT2D eigenvalue weighted by Gasteiger charge is 2.25. The molecule has 1 aliphatic heterocycles. The Morgan fingerprint density at radius 1 is 1.68 bits per heavy atom. The van der Waals surface area contributed by atoms with Crippen LogP contribution in [0.15, 0.2) is 6.20 Å². The molecule has 0 spiro atoms. The summed E-state index contributed by atoms with van der Waals surface area (Å²) in [5.74, 6) is 0.277. The molecule has 0 amide bonds. The Morgan fingerprint density at radius 3 is 3.16 bits per heavy atom. The maximum atomic E-state index is 10.6. The summed E-state index contributed by atoms with van der Waals surface area (Å²) in [6, 6.07) is 0.286. The van der Waals surface area contributed by atoms with Crippen molar-refractivity contribution in [2.24, 2.45) is 5.92 Å². The Hall–Kier alpha value is -1.56. The number of methoxy groups -OCH3 is 1. The molecule has 1 aromatic heterocycles. The number of hydrogen-bond acceptors (Lipinski definition) is 5. The fraction of sp³-hybridized carbons (Fsp3) is 0.583. The van der Waals surface area contributed by atoms with Crippen LogP contribution in [0.5, 0.6) is 6.01 Å². The van der Waals surface area contributed by atoms with E-state index in [1.54, 1.807) is 0 Å². The van der Waals surface area contributed by atoms with Crippen molar-refractivity contribution in [1.29, 1.82) is 0 Å². The highest BCUT2D eigenvalue weighted by molar-refractivity contribution is 6.32. The van der Waals surface area contributed by atoms with Crippen LogP contribution in [0, 0.1) is 5.92 Å². The Labute approximate surface area is 116 Å². The van der Waals surface area contributed by atoms with Gasteiger partial charge in [0, 0.05) is 19.5 Å². The minimum absolute atomic E-state index is 0.208. The SMILES string of the molecule is COc1ncc(Cl)c(N2CCC(CCC(=O)O)C2)n1. The molecule has 2 rings (SSSR count). The van der Waals surface area contributed by atoms with E-state index in [-0.39, 0.29) is 12.4 Å². The number of hydrogen-bond donors (Lipinski definition) is 1. The number of halogens is 1. The molecule has 7 heteroatoms. The van der Waals surface area contributed by atoms with Gasteiger partial charge in [-0.15, -0.1) is 0 Å². The minimum Gasteiger partial charge on any atom is -0.481 e. The molecule has 1 atom stereocenters. The van der Waals surface area contributed by atoms with Gasteiger partial charge in [0.2, 0.25) is 0 Å². The van der Waals surface area contributed by atoms with E-state index in [1.807, 2.05) is 0 Å². The van der Waals surface area contributed by atoms with Crippen LogP contribution in [-0.4, -0.2) is 41.2 Å². The van der Waals surface area contributed by atoms with Crippen molar-refractivity contribution >= 4 is 23.4 Å². The normalized spacial score (nSPS) is 18.6. The van der Waals surface area contributed by atoms with E-state index in [9.17, 15) is 4.79 Å². The van der Waals surface area contributed by atoms with Crippen LogP contribution in [0.25, 0.3) is 0 Å². The van der Waals surface area contributed by atoms with Crippen molar-refractivity contribution in [3.05, 3.63) is 11.2 Å². The number of aromatic nitrogens is 2. The highest BCUT2D eigenvalue weighted by atomic mass is 35.5. The van der Waals surface area contributed by atoms with Gasteiger partial charge < -0.3 is 14.7 Å². The first-order valence-electron chi connectivity index (χ1n) is 6.13. The molecule has 1 fully saturated rings. The second-order valence-electron chi connectivity index (χ2n) is 4.56. The van der Waals surface area contributed by atoms with Gasteiger partial charge in [0.15, 0.2) is 5.82 Å². The maximum Gasteiger partial charge on any atom is 0.318 e. The third-order valence-corrected chi connectivity index (χ3v) is 3.50. The van der Waals surface area contributed by atoms with Crippen molar-refractivity contribution in [3.63, 3.8) is 0 Å². The van der Waals surface area contributed by atoms with Gasteiger partial charge in [0.25, 0.3) is 0 Å². The Balaban J connectivity index is 2.02. The molecule has 104 valence electrons. The van der Waals surface area contributed by atoms with Crippen molar-refractivity contribution in [3.8, 4) is 6.01 Å². The van der Waals surface area contributed by atoms with Gasteiger partial charge in [-0.1, -0.05) is 11.6 Å². The summed E-state index contributed by atoms with van der Waals surface area (Å²) in [6.45, 7) is 1.59. The quantitative estimate of drug-likeness (QED) is 0.889. The summed E-state index contributed by atoms with van der Waals surface area (Å²) in [7, 11) is 1.51. The van der Waals surface area contributed by atoms with Gasteiger partial charge in [-0.25, -0.2) is 4.98 Å². The summed E-state index contributed by atoms with van der Waals surface area (Å²) < 4.78 is 4.99. The van der Waals surface area contributed by atoms with Gasteiger partial charge in [0.1, 0.15) is 5.02 Å². The fourth-order valence-electron chi connectivity index (χ4n) is 2.25. The first-order valence-corrected chi connectivity index (χ1v) is 6.51. The minimum atomic E-state index is -0.750. The van der Waals surface area contributed by atoms with E-state index < -0.39 is 5.97 Å². The first kappa shape index (κ1) is 13.9. The number of anilines is 1. The van der Waals surface area contributed by atoms with Crippen LogP contribution in [0.3, 0.4) is 0 Å². The topological polar surface area (TPSA) is 75.5 Å². The predicted molar refractivity (Wildman–Crippen MR) is 70.8 cm³/mol. The molecule has 0 radical (unpaired) electrons. The van der Waals surface area contributed by atoms with E-state index in [1.165, 1.54) is 13.3 Å². The van der Waals surface area contributed by atoms with Crippen LogP contribution < -0.4 is 9.64 Å². The van der Waals surface area contributed by atoms with Crippen LogP contribution >= 0.6 is 11.6 Å². The van der Waals surface area contributed by atoms with E-state index in [4.69, 9.17) is 21.4 Å². The van der Waals surface area contributed by atoms with Gasteiger partial charge in [-0.05, 0) is 18.8 Å². The molecular formula is C12H16ClN3O3. The van der Waals surface area contributed by atoms with Gasteiger partial charge >= 0.3 is 12.0 Å². The molecule has 6 nitrogen and oxygen atoms in total. The van der Waals surface area contributed by atoms with Gasteiger partial charge in [-0.2, -0.15) is 4.98 Å². The summed E-state index contributed by atoms with van der Waals surface area (Å²) in [5, 5.41) is 9.18.